The SMILES string of the molecule is c1ccc(-c2ccc(-c3nc(-c4ccc5ccccc5c4)nc(-c4cccc5oc6c(-n7c8ccc9ccccc9c8c8c9ccccc9c(-c9ccccc9)cc87)cccc6c45)n3)cc2)cc1. The fourth-order valence-corrected chi connectivity index (χ4v) is 10.5. The molecular weight excluding hydrogens is 829 g/mol. The predicted molar refractivity (Wildman–Crippen MR) is 281 cm³/mol. The van der Waals surface area contributed by atoms with Gasteiger partial charge in [0.1, 0.15) is 5.58 Å². The summed E-state index contributed by atoms with van der Waals surface area (Å²) in [6.45, 7) is 0. The Morgan fingerprint density at radius 2 is 0.882 bits per heavy atom. The minimum absolute atomic E-state index is 0.575. The molecule has 0 aliphatic carbocycles. The Morgan fingerprint density at radius 3 is 1.69 bits per heavy atom. The van der Waals surface area contributed by atoms with Gasteiger partial charge in [-0.2, -0.15) is 0 Å². The van der Waals surface area contributed by atoms with Crippen molar-refractivity contribution < 1.29 is 4.42 Å². The molecule has 0 saturated carbocycles. The summed E-state index contributed by atoms with van der Waals surface area (Å²) < 4.78 is 9.51. The van der Waals surface area contributed by atoms with E-state index in [1.165, 1.54) is 43.4 Å². The largest absolute Gasteiger partial charge is 0.454 e. The highest BCUT2D eigenvalue weighted by Gasteiger charge is 2.24. The third kappa shape index (κ3) is 5.99. The average molecular weight is 867 g/mol. The first kappa shape index (κ1) is 38.1. The standard InChI is InChI=1S/C63H38N4O/c1-3-15-39(16-4-1)41-29-32-44(33-30-41)61-64-62(46-34-31-40-17-7-8-21-45(40)37-46)66-63(65-61)51-26-14-28-56-57(51)50-25-13-27-54(60(50)68-56)67-53-36-35-43-20-9-10-22-47(43)58(53)59-49-24-12-11-23-48(49)52(38-55(59)67)42-18-5-2-6-19-42/h1-38H. The van der Waals surface area contributed by atoms with Gasteiger partial charge in [-0.25, -0.2) is 15.0 Å². The van der Waals surface area contributed by atoms with Crippen molar-refractivity contribution in [3.63, 3.8) is 0 Å². The first-order valence-electron chi connectivity index (χ1n) is 23.0. The molecule has 0 bridgehead atoms. The van der Waals surface area contributed by atoms with Crippen LogP contribution in [0.4, 0.5) is 0 Å². The predicted octanol–water partition coefficient (Wildman–Crippen LogP) is 16.7. The van der Waals surface area contributed by atoms with Gasteiger partial charge in [0.05, 0.1) is 16.7 Å². The van der Waals surface area contributed by atoms with Crippen molar-refractivity contribution in [1.82, 2.24) is 19.5 Å². The lowest BCUT2D eigenvalue weighted by Crippen LogP contribution is -2.00. The molecule has 0 aliphatic heterocycles. The number of benzene rings is 11. The van der Waals surface area contributed by atoms with Gasteiger partial charge in [-0.15, -0.1) is 0 Å². The molecule has 0 aliphatic rings. The lowest BCUT2D eigenvalue weighted by molar-refractivity contribution is 0.666. The molecule has 11 aromatic carbocycles. The molecule has 0 saturated heterocycles. The second-order valence-electron chi connectivity index (χ2n) is 17.5. The Balaban J connectivity index is 1.02. The summed E-state index contributed by atoms with van der Waals surface area (Å²) >= 11 is 0. The lowest BCUT2D eigenvalue weighted by atomic mass is 9.94. The van der Waals surface area contributed by atoms with Crippen LogP contribution in [0.15, 0.2) is 235 Å². The van der Waals surface area contributed by atoms with E-state index < -0.39 is 0 Å². The van der Waals surface area contributed by atoms with Gasteiger partial charge in [0, 0.05) is 38.2 Å². The number of nitrogens with zero attached hydrogens (tertiary/aromatic N) is 4. The second kappa shape index (κ2) is 15.2. The minimum atomic E-state index is 0.575. The second-order valence-corrected chi connectivity index (χ2v) is 17.5. The van der Waals surface area contributed by atoms with Crippen molar-refractivity contribution >= 4 is 76.1 Å². The molecule has 0 unspecified atom stereocenters. The van der Waals surface area contributed by atoms with Gasteiger partial charge in [0.15, 0.2) is 23.1 Å². The van der Waals surface area contributed by atoms with Gasteiger partial charge in [-0.3, -0.25) is 0 Å². The number of furan rings is 1. The van der Waals surface area contributed by atoms with Crippen LogP contribution in [-0.4, -0.2) is 19.5 Å². The minimum Gasteiger partial charge on any atom is -0.454 e. The van der Waals surface area contributed by atoms with Crippen LogP contribution < -0.4 is 0 Å². The van der Waals surface area contributed by atoms with Crippen molar-refractivity contribution in [2.45, 2.75) is 0 Å². The zero-order valence-electron chi connectivity index (χ0n) is 36.6. The van der Waals surface area contributed by atoms with Gasteiger partial charge in [0.25, 0.3) is 0 Å². The number of hydrogen-bond acceptors (Lipinski definition) is 4. The van der Waals surface area contributed by atoms with E-state index in [0.29, 0.717) is 17.5 Å². The molecule has 0 radical (unpaired) electrons. The summed E-state index contributed by atoms with van der Waals surface area (Å²) in [5.41, 5.74) is 12.1. The molecule has 3 aromatic heterocycles. The molecule has 5 nitrogen and oxygen atoms in total. The summed E-state index contributed by atoms with van der Waals surface area (Å²) in [5.74, 6) is 1.78. The molecule has 316 valence electrons. The highest BCUT2D eigenvalue weighted by Crippen LogP contribution is 2.46. The Kier molecular flexibility index (Phi) is 8.52. The zero-order chi connectivity index (χ0) is 44.7. The molecule has 0 amide bonds. The van der Waals surface area contributed by atoms with E-state index in [2.05, 4.69) is 223 Å². The van der Waals surface area contributed by atoms with E-state index >= 15 is 0 Å². The molecule has 14 aromatic rings. The Morgan fingerprint density at radius 1 is 0.309 bits per heavy atom. The highest BCUT2D eigenvalue weighted by molar-refractivity contribution is 6.30. The van der Waals surface area contributed by atoms with Crippen LogP contribution in [0, 0.1) is 0 Å². The first-order chi connectivity index (χ1) is 33.7. The van der Waals surface area contributed by atoms with Crippen LogP contribution in [0.5, 0.6) is 0 Å². The van der Waals surface area contributed by atoms with Crippen LogP contribution in [0.1, 0.15) is 0 Å². The molecule has 0 N–H and O–H groups in total. The molecule has 0 spiro atoms. The molecule has 14 rings (SSSR count). The highest BCUT2D eigenvalue weighted by atomic mass is 16.3. The van der Waals surface area contributed by atoms with E-state index in [9.17, 15) is 0 Å². The molecular formula is C63H38N4O. The van der Waals surface area contributed by atoms with Crippen LogP contribution in [-0.2, 0) is 0 Å². The van der Waals surface area contributed by atoms with Crippen molar-refractivity contribution in [3.05, 3.63) is 231 Å². The molecule has 3 heterocycles. The molecule has 68 heavy (non-hydrogen) atoms. The van der Waals surface area contributed by atoms with Gasteiger partial charge in [0.2, 0.25) is 0 Å². The molecule has 5 heteroatoms. The fourth-order valence-electron chi connectivity index (χ4n) is 10.5. The monoisotopic (exact) mass is 866 g/mol. The number of aromatic nitrogens is 4. The normalized spacial score (nSPS) is 11.8. The summed E-state index contributed by atoms with van der Waals surface area (Å²) in [6, 6.07) is 81.6. The summed E-state index contributed by atoms with van der Waals surface area (Å²) in [4.78, 5) is 15.7. The van der Waals surface area contributed by atoms with Gasteiger partial charge in [-0.05, 0) is 84.9 Å². The maximum atomic E-state index is 7.10. The quantitative estimate of drug-likeness (QED) is 0.167. The van der Waals surface area contributed by atoms with E-state index in [0.717, 1.165) is 77.2 Å². The number of hydrogen-bond donors (Lipinski definition) is 0. The van der Waals surface area contributed by atoms with E-state index in [1.807, 2.05) is 12.1 Å². The van der Waals surface area contributed by atoms with Crippen molar-refractivity contribution in [1.29, 1.82) is 0 Å². The van der Waals surface area contributed by atoms with Crippen LogP contribution in [0.25, 0.3) is 138 Å². The van der Waals surface area contributed by atoms with Crippen LogP contribution >= 0.6 is 0 Å². The lowest BCUT2D eigenvalue weighted by Gasteiger charge is -2.12. The molecule has 0 atom stereocenters. The summed E-state index contributed by atoms with van der Waals surface area (Å²) in [6.07, 6.45) is 0. The van der Waals surface area contributed by atoms with E-state index in [4.69, 9.17) is 19.4 Å². The van der Waals surface area contributed by atoms with Crippen LogP contribution in [0.3, 0.4) is 0 Å². The van der Waals surface area contributed by atoms with E-state index in [1.54, 1.807) is 0 Å². The number of para-hydroxylation sites is 1. The zero-order valence-corrected chi connectivity index (χ0v) is 36.6. The first-order valence-corrected chi connectivity index (χ1v) is 23.0. The third-order valence-corrected chi connectivity index (χ3v) is 13.6. The van der Waals surface area contributed by atoms with Crippen molar-refractivity contribution in [3.8, 4) is 62.1 Å². The topological polar surface area (TPSA) is 56.7 Å². The maximum Gasteiger partial charge on any atom is 0.164 e. The third-order valence-electron chi connectivity index (χ3n) is 13.6. The number of fused-ring (bicyclic) bond motifs is 11. The summed E-state index contributed by atoms with van der Waals surface area (Å²) in [5, 5.41) is 11.5. The van der Waals surface area contributed by atoms with Gasteiger partial charge in [-0.1, -0.05) is 200 Å². The van der Waals surface area contributed by atoms with E-state index in [-0.39, 0.29) is 0 Å². The number of rotatable bonds is 6. The van der Waals surface area contributed by atoms with Gasteiger partial charge >= 0.3 is 0 Å². The smallest absolute Gasteiger partial charge is 0.164 e. The van der Waals surface area contributed by atoms with Crippen LogP contribution in [0.2, 0.25) is 0 Å². The van der Waals surface area contributed by atoms with Crippen molar-refractivity contribution in [2.75, 3.05) is 0 Å². The Hall–Kier alpha value is -9.19. The van der Waals surface area contributed by atoms with Crippen molar-refractivity contribution in [2.24, 2.45) is 0 Å². The maximum absolute atomic E-state index is 7.10. The Bertz CT molecular complexity index is 4300. The fraction of sp³-hybridized carbons (Fsp3) is 0. The molecule has 0 fully saturated rings. The van der Waals surface area contributed by atoms with Gasteiger partial charge < -0.3 is 8.98 Å². The Labute approximate surface area is 390 Å². The average Bonchev–Trinajstić information content (AvgIpc) is 3.97. The summed E-state index contributed by atoms with van der Waals surface area (Å²) in [7, 11) is 0.